The molecule has 0 N–H and O–H groups in total. The largest absolute Gasteiger partial charge is 0.343 e. The van der Waals surface area contributed by atoms with Gasteiger partial charge < -0.3 is 9.13 Å². The summed E-state index contributed by atoms with van der Waals surface area (Å²) in [6.45, 7) is 4.28. The maximum atomic E-state index is 15.5. The highest BCUT2D eigenvalue weighted by atomic mass is 31.2. The molecule has 0 aliphatic carbocycles. The fourth-order valence-electron chi connectivity index (χ4n) is 5.69. The van der Waals surface area contributed by atoms with Crippen LogP contribution in [-0.2, 0) is 11.6 Å². The van der Waals surface area contributed by atoms with Gasteiger partial charge >= 0.3 is 0 Å². The first-order valence-electron chi connectivity index (χ1n) is 13.0. The molecule has 6 aromatic rings. The molecule has 0 spiro atoms. The Morgan fingerprint density at radius 1 is 0.605 bits per heavy atom. The summed E-state index contributed by atoms with van der Waals surface area (Å²) in [7, 11) is -1.05. The topological polar surface area (TPSA) is 22.0 Å². The summed E-state index contributed by atoms with van der Waals surface area (Å²) in [4.78, 5) is 0. The van der Waals surface area contributed by atoms with Gasteiger partial charge in [-0.25, -0.2) is 0 Å². The third-order valence-corrected chi connectivity index (χ3v) is 10.6. The van der Waals surface area contributed by atoms with E-state index in [1.54, 1.807) is 0 Å². The van der Waals surface area contributed by atoms with E-state index in [0.29, 0.717) is 0 Å². The SMILES string of the molecule is Cc1ccc(-c2c(-c3ccccc3P(=O)(c3ccccc3)c3ccccc3)n(C)c3c(C)cccc23)cc1. The van der Waals surface area contributed by atoms with Gasteiger partial charge in [-0.15, -0.1) is 0 Å². The van der Waals surface area contributed by atoms with Crippen molar-refractivity contribution < 1.29 is 4.57 Å². The van der Waals surface area contributed by atoms with Crippen LogP contribution in [0.5, 0.6) is 0 Å². The Hall–Kier alpha value is -4.13. The van der Waals surface area contributed by atoms with Gasteiger partial charge in [0.1, 0.15) is 0 Å². The van der Waals surface area contributed by atoms with Crippen LogP contribution in [-0.4, -0.2) is 4.57 Å². The van der Waals surface area contributed by atoms with Gasteiger partial charge in [-0.3, -0.25) is 0 Å². The van der Waals surface area contributed by atoms with Crippen LogP contribution in [0.2, 0.25) is 0 Å². The number of aromatic nitrogens is 1. The zero-order valence-corrected chi connectivity index (χ0v) is 22.8. The molecule has 5 aromatic carbocycles. The van der Waals surface area contributed by atoms with Gasteiger partial charge in [0.25, 0.3) is 0 Å². The van der Waals surface area contributed by atoms with Gasteiger partial charge in [0, 0.05) is 39.5 Å². The number of fused-ring (bicyclic) bond motifs is 1. The quantitative estimate of drug-likeness (QED) is 0.217. The number of nitrogens with zero attached hydrogens (tertiary/aromatic N) is 1. The lowest BCUT2D eigenvalue weighted by Crippen LogP contribution is -2.26. The van der Waals surface area contributed by atoms with E-state index in [0.717, 1.165) is 32.7 Å². The molecule has 38 heavy (non-hydrogen) atoms. The molecule has 1 aromatic heterocycles. The zero-order valence-electron chi connectivity index (χ0n) is 21.9. The monoisotopic (exact) mass is 511 g/mol. The number of para-hydroxylation sites is 1. The van der Waals surface area contributed by atoms with E-state index >= 15 is 4.57 Å². The highest BCUT2D eigenvalue weighted by Gasteiger charge is 2.33. The summed E-state index contributed by atoms with van der Waals surface area (Å²) in [5.41, 5.74) is 8.05. The Morgan fingerprint density at radius 3 is 1.82 bits per heavy atom. The van der Waals surface area contributed by atoms with Gasteiger partial charge in [-0.2, -0.15) is 0 Å². The molecular weight excluding hydrogens is 481 g/mol. The van der Waals surface area contributed by atoms with Crippen LogP contribution < -0.4 is 15.9 Å². The Kier molecular flexibility index (Phi) is 6.14. The molecule has 0 unspecified atom stereocenters. The van der Waals surface area contributed by atoms with Crippen molar-refractivity contribution in [1.82, 2.24) is 4.57 Å². The van der Waals surface area contributed by atoms with Crippen LogP contribution in [0.15, 0.2) is 127 Å². The minimum Gasteiger partial charge on any atom is -0.343 e. The molecule has 186 valence electrons. The highest BCUT2D eigenvalue weighted by Crippen LogP contribution is 2.48. The second kappa shape index (κ2) is 9.63. The molecule has 1 heterocycles. The average molecular weight is 512 g/mol. The van der Waals surface area contributed by atoms with Crippen LogP contribution in [0.3, 0.4) is 0 Å². The highest BCUT2D eigenvalue weighted by molar-refractivity contribution is 7.85. The molecule has 0 aliphatic rings. The predicted molar refractivity (Wildman–Crippen MR) is 163 cm³/mol. The standard InChI is InChI=1S/C35H30NOP/c1-25-21-23-27(24-22-25)33-31-19-12-13-26(2)34(31)36(3)35(33)30-18-10-11-20-32(30)38(37,28-14-6-4-7-15-28)29-16-8-5-9-17-29/h4-24H,1-3H3. The van der Waals surface area contributed by atoms with Gasteiger partial charge in [0.05, 0.1) is 11.2 Å². The van der Waals surface area contributed by atoms with Crippen LogP contribution >= 0.6 is 7.14 Å². The molecule has 0 aliphatic heterocycles. The van der Waals surface area contributed by atoms with E-state index in [-0.39, 0.29) is 0 Å². The number of benzene rings is 5. The fourth-order valence-corrected chi connectivity index (χ4v) is 8.55. The maximum absolute atomic E-state index is 15.5. The number of hydrogen-bond acceptors (Lipinski definition) is 1. The van der Waals surface area contributed by atoms with Crippen LogP contribution in [0, 0.1) is 13.8 Å². The first-order chi connectivity index (χ1) is 18.5. The molecule has 0 saturated carbocycles. The van der Waals surface area contributed by atoms with Crippen LogP contribution in [0.4, 0.5) is 0 Å². The van der Waals surface area contributed by atoms with E-state index in [9.17, 15) is 0 Å². The molecule has 2 nitrogen and oxygen atoms in total. The van der Waals surface area contributed by atoms with Gasteiger partial charge in [0.2, 0.25) is 0 Å². The van der Waals surface area contributed by atoms with Gasteiger partial charge in [0.15, 0.2) is 7.14 Å². The van der Waals surface area contributed by atoms with Crippen molar-refractivity contribution in [3.05, 3.63) is 139 Å². The molecule has 0 amide bonds. The van der Waals surface area contributed by atoms with E-state index in [4.69, 9.17) is 0 Å². The molecule has 0 saturated heterocycles. The fraction of sp³-hybridized carbons (Fsp3) is 0.0857. The van der Waals surface area contributed by atoms with Crippen molar-refractivity contribution in [3.63, 3.8) is 0 Å². The molecule has 0 atom stereocenters. The molecule has 0 bridgehead atoms. The van der Waals surface area contributed by atoms with Gasteiger partial charge in [-0.05, 0) is 25.0 Å². The predicted octanol–water partition coefficient (Wildman–Crippen LogP) is 7.77. The van der Waals surface area contributed by atoms with E-state index in [2.05, 4.69) is 86.1 Å². The van der Waals surface area contributed by atoms with Crippen molar-refractivity contribution in [2.24, 2.45) is 7.05 Å². The Balaban J connectivity index is 1.74. The summed E-state index contributed by atoms with van der Waals surface area (Å²) in [6, 6.07) is 43.3. The molecule has 0 radical (unpaired) electrons. The van der Waals surface area contributed by atoms with E-state index in [1.807, 2.05) is 66.7 Å². The first-order valence-corrected chi connectivity index (χ1v) is 14.7. The number of aryl methyl sites for hydroxylation is 3. The van der Waals surface area contributed by atoms with Crippen molar-refractivity contribution >= 4 is 34.0 Å². The summed E-state index contributed by atoms with van der Waals surface area (Å²) in [6.07, 6.45) is 0. The van der Waals surface area contributed by atoms with Crippen molar-refractivity contribution in [3.8, 4) is 22.4 Å². The van der Waals surface area contributed by atoms with Crippen molar-refractivity contribution in [2.75, 3.05) is 0 Å². The summed E-state index contributed by atoms with van der Waals surface area (Å²) in [5, 5.41) is 3.74. The maximum Gasteiger partial charge on any atom is 0.171 e. The summed E-state index contributed by atoms with van der Waals surface area (Å²) >= 11 is 0. The second-order valence-corrected chi connectivity index (χ2v) is 12.7. The normalized spacial score (nSPS) is 11.7. The summed E-state index contributed by atoms with van der Waals surface area (Å²) in [5.74, 6) is 0. The van der Waals surface area contributed by atoms with Crippen molar-refractivity contribution in [1.29, 1.82) is 0 Å². The van der Waals surface area contributed by atoms with E-state index in [1.165, 1.54) is 27.6 Å². The average Bonchev–Trinajstić information content (AvgIpc) is 3.27. The Morgan fingerprint density at radius 2 is 1.18 bits per heavy atom. The lowest BCUT2D eigenvalue weighted by molar-refractivity contribution is 0.592. The smallest absolute Gasteiger partial charge is 0.171 e. The summed E-state index contributed by atoms with van der Waals surface area (Å²) < 4.78 is 17.8. The van der Waals surface area contributed by atoms with Crippen molar-refractivity contribution in [2.45, 2.75) is 13.8 Å². The van der Waals surface area contributed by atoms with Crippen LogP contribution in [0.1, 0.15) is 11.1 Å². The minimum absolute atomic E-state index is 0.838. The minimum atomic E-state index is -3.19. The second-order valence-electron chi connectivity index (χ2n) is 9.92. The molecular formula is C35H30NOP. The molecule has 3 heteroatoms. The number of hydrogen-bond donors (Lipinski definition) is 0. The lowest BCUT2D eigenvalue weighted by Gasteiger charge is -2.23. The van der Waals surface area contributed by atoms with E-state index < -0.39 is 7.14 Å². The Bertz CT molecular complexity index is 1760. The Labute approximate surface area is 224 Å². The first kappa shape index (κ1) is 24.2. The third kappa shape index (κ3) is 3.85. The molecule has 6 rings (SSSR count). The zero-order chi connectivity index (χ0) is 26.3. The number of rotatable bonds is 5. The van der Waals surface area contributed by atoms with Gasteiger partial charge in [-0.1, -0.05) is 133 Å². The third-order valence-electron chi connectivity index (χ3n) is 7.49. The molecule has 0 fully saturated rings. The lowest BCUT2D eigenvalue weighted by atomic mass is 9.97. The van der Waals surface area contributed by atoms with Crippen LogP contribution in [0.25, 0.3) is 33.3 Å².